The average Bonchev–Trinajstić information content (AvgIpc) is 2.64. The number of likely N-dealkylation sites (tertiary alicyclic amines) is 1. The molecule has 0 unspecified atom stereocenters. The molecule has 1 rings (SSSR count). The van der Waals surface area contributed by atoms with E-state index in [-0.39, 0.29) is 42.3 Å². The molecule has 1 heterocycles. The molecule has 1 fully saturated rings. The first-order valence-electron chi connectivity index (χ1n) is 6.81. The fourth-order valence-electron chi connectivity index (χ4n) is 2.32. The molecule has 0 bridgehead atoms. The van der Waals surface area contributed by atoms with E-state index in [0.717, 1.165) is 37.0 Å². The minimum absolute atomic E-state index is 0. The van der Waals surface area contributed by atoms with Crippen molar-refractivity contribution in [1.29, 1.82) is 0 Å². The number of carbonyl (C=O) groups is 2. The van der Waals surface area contributed by atoms with Crippen LogP contribution in [0.4, 0.5) is 0 Å². The molecule has 6 heteroatoms. The van der Waals surface area contributed by atoms with Gasteiger partial charge in [0.25, 0.3) is 0 Å². The molecular formula is C13H26IN3O2. The van der Waals surface area contributed by atoms with Crippen LogP contribution >= 0.6 is 0 Å². The molecule has 0 aromatic heterocycles. The number of halogens is 1. The zero-order valence-electron chi connectivity index (χ0n) is 12.2. The first-order valence-corrected chi connectivity index (χ1v) is 6.81. The minimum atomic E-state index is -0.0400. The summed E-state index contributed by atoms with van der Waals surface area (Å²) >= 11 is 0. The summed E-state index contributed by atoms with van der Waals surface area (Å²) in [6, 6.07) is 0. The zero-order chi connectivity index (χ0) is 13.6. The Kier molecular flexibility index (Phi) is 8.56. The Morgan fingerprint density at radius 3 is 2.58 bits per heavy atom. The SMILES string of the molecule is CCC[N+](C)(C)CCNC(=O)CN1CCCC1=O.[I-]. The summed E-state index contributed by atoms with van der Waals surface area (Å²) in [5, 5.41) is 2.90. The summed E-state index contributed by atoms with van der Waals surface area (Å²) < 4.78 is 0.916. The quantitative estimate of drug-likeness (QED) is 0.382. The second-order valence-electron chi connectivity index (χ2n) is 5.65. The summed E-state index contributed by atoms with van der Waals surface area (Å²) in [5.41, 5.74) is 0. The van der Waals surface area contributed by atoms with E-state index in [9.17, 15) is 9.59 Å². The predicted molar refractivity (Wildman–Crippen MR) is 71.0 cm³/mol. The zero-order valence-corrected chi connectivity index (χ0v) is 14.4. The lowest BCUT2D eigenvalue weighted by Gasteiger charge is -2.29. The molecule has 2 amide bonds. The summed E-state index contributed by atoms with van der Waals surface area (Å²) in [4.78, 5) is 24.7. The van der Waals surface area contributed by atoms with Gasteiger partial charge in [0, 0.05) is 13.0 Å². The van der Waals surface area contributed by atoms with Gasteiger partial charge in [-0.2, -0.15) is 0 Å². The molecule has 19 heavy (non-hydrogen) atoms. The summed E-state index contributed by atoms with van der Waals surface area (Å²) in [5.74, 6) is 0.0639. The fraction of sp³-hybridized carbons (Fsp3) is 0.846. The van der Waals surface area contributed by atoms with Crippen LogP contribution in [0.2, 0.25) is 0 Å². The van der Waals surface area contributed by atoms with Crippen LogP contribution in [-0.2, 0) is 9.59 Å². The third-order valence-electron chi connectivity index (χ3n) is 3.37. The normalized spacial score (nSPS) is 15.3. The molecule has 0 aromatic rings. The Morgan fingerprint density at radius 2 is 2.05 bits per heavy atom. The number of nitrogens with one attached hydrogen (secondary N) is 1. The van der Waals surface area contributed by atoms with Crippen LogP contribution < -0.4 is 29.3 Å². The number of carbonyl (C=O) groups excluding carboxylic acids is 2. The van der Waals surface area contributed by atoms with Crippen molar-refractivity contribution in [3.05, 3.63) is 0 Å². The van der Waals surface area contributed by atoms with Crippen LogP contribution in [0.5, 0.6) is 0 Å². The second kappa shape index (κ2) is 8.73. The Hall–Kier alpha value is -0.370. The van der Waals surface area contributed by atoms with Crippen LogP contribution in [0, 0.1) is 0 Å². The minimum Gasteiger partial charge on any atom is -1.00 e. The molecule has 0 atom stereocenters. The second-order valence-corrected chi connectivity index (χ2v) is 5.65. The van der Waals surface area contributed by atoms with Crippen molar-refractivity contribution in [3.8, 4) is 0 Å². The topological polar surface area (TPSA) is 49.4 Å². The lowest BCUT2D eigenvalue weighted by atomic mass is 10.3. The van der Waals surface area contributed by atoms with Crippen LogP contribution in [0.3, 0.4) is 0 Å². The first kappa shape index (κ1) is 18.6. The molecule has 0 aromatic carbocycles. The smallest absolute Gasteiger partial charge is 0.239 e. The number of likely N-dealkylation sites (N-methyl/N-ethyl adjacent to an activating group) is 1. The van der Waals surface area contributed by atoms with Crippen LogP contribution in [0.1, 0.15) is 26.2 Å². The van der Waals surface area contributed by atoms with Crippen molar-refractivity contribution in [2.24, 2.45) is 0 Å². The number of hydrogen-bond donors (Lipinski definition) is 1. The van der Waals surface area contributed by atoms with Gasteiger partial charge in [0.2, 0.25) is 11.8 Å². The first-order chi connectivity index (χ1) is 8.44. The third kappa shape index (κ3) is 7.10. The van der Waals surface area contributed by atoms with Crippen LogP contribution in [0.25, 0.3) is 0 Å². The molecule has 5 nitrogen and oxygen atoms in total. The number of quaternary nitrogens is 1. The Bertz CT molecular complexity index is 308. The molecule has 1 N–H and O–H groups in total. The number of amides is 2. The molecule has 0 aliphatic carbocycles. The number of rotatable bonds is 7. The molecule has 1 aliphatic heterocycles. The summed E-state index contributed by atoms with van der Waals surface area (Å²) in [6.45, 7) is 5.82. The van der Waals surface area contributed by atoms with Crippen molar-refractivity contribution in [2.75, 3.05) is 46.8 Å². The van der Waals surface area contributed by atoms with Crippen molar-refractivity contribution < 1.29 is 38.0 Å². The van der Waals surface area contributed by atoms with Gasteiger partial charge in [0.15, 0.2) is 0 Å². The molecule has 1 saturated heterocycles. The van der Waals surface area contributed by atoms with Gasteiger partial charge >= 0.3 is 0 Å². The molecular weight excluding hydrogens is 357 g/mol. The Balaban J connectivity index is 0.00000324. The maximum Gasteiger partial charge on any atom is 0.239 e. The van der Waals surface area contributed by atoms with Gasteiger partial charge in [-0.25, -0.2) is 0 Å². The predicted octanol–water partition coefficient (Wildman–Crippen LogP) is -2.78. The van der Waals surface area contributed by atoms with Gasteiger partial charge in [-0.05, 0) is 12.8 Å². The highest BCUT2D eigenvalue weighted by atomic mass is 127. The van der Waals surface area contributed by atoms with E-state index in [0.29, 0.717) is 13.0 Å². The van der Waals surface area contributed by atoms with Crippen LogP contribution in [0.15, 0.2) is 0 Å². The van der Waals surface area contributed by atoms with E-state index in [4.69, 9.17) is 0 Å². The van der Waals surface area contributed by atoms with Gasteiger partial charge < -0.3 is 38.7 Å². The van der Waals surface area contributed by atoms with E-state index in [1.807, 2.05) is 0 Å². The van der Waals surface area contributed by atoms with Gasteiger partial charge in [0.05, 0.1) is 40.3 Å². The van der Waals surface area contributed by atoms with E-state index >= 15 is 0 Å². The summed E-state index contributed by atoms with van der Waals surface area (Å²) in [6.07, 6.45) is 2.61. The molecule has 0 spiro atoms. The highest BCUT2D eigenvalue weighted by Gasteiger charge is 2.22. The lowest BCUT2D eigenvalue weighted by molar-refractivity contribution is -0.889. The molecule has 1 aliphatic rings. The standard InChI is InChI=1S/C13H25N3O2.HI/c1-4-9-16(2,3)10-7-14-12(17)11-15-8-5-6-13(15)18;/h4-11H2,1-3H3;1H. The monoisotopic (exact) mass is 383 g/mol. The van der Waals surface area contributed by atoms with E-state index in [2.05, 4.69) is 26.3 Å². The Morgan fingerprint density at radius 1 is 1.37 bits per heavy atom. The highest BCUT2D eigenvalue weighted by Crippen LogP contribution is 2.08. The van der Waals surface area contributed by atoms with E-state index < -0.39 is 0 Å². The van der Waals surface area contributed by atoms with E-state index in [1.54, 1.807) is 4.90 Å². The fourth-order valence-corrected chi connectivity index (χ4v) is 2.32. The Labute approximate surface area is 133 Å². The van der Waals surface area contributed by atoms with Crippen LogP contribution in [-0.4, -0.2) is 68.0 Å². The largest absolute Gasteiger partial charge is 1.00 e. The van der Waals surface area contributed by atoms with Gasteiger partial charge in [-0.15, -0.1) is 0 Å². The van der Waals surface area contributed by atoms with Crippen molar-refractivity contribution in [3.63, 3.8) is 0 Å². The highest BCUT2D eigenvalue weighted by molar-refractivity contribution is 5.85. The maximum atomic E-state index is 11.7. The van der Waals surface area contributed by atoms with Gasteiger partial charge in [-0.1, -0.05) is 6.92 Å². The maximum absolute atomic E-state index is 11.7. The van der Waals surface area contributed by atoms with E-state index in [1.165, 1.54) is 0 Å². The average molecular weight is 383 g/mol. The van der Waals surface area contributed by atoms with Gasteiger partial charge in [-0.3, -0.25) is 9.59 Å². The number of nitrogens with zero attached hydrogens (tertiary/aromatic N) is 2. The molecule has 0 saturated carbocycles. The number of hydrogen-bond acceptors (Lipinski definition) is 2. The van der Waals surface area contributed by atoms with Crippen molar-refractivity contribution >= 4 is 11.8 Å². The van der Waals surface area contributed by atoms with Gasteiger partial charge in [0.1, 0.15) is 0 Å². The van der Waals surface area contributed by atoms with Crippen molar-refractivity contribution in [2.45, 2.75) is 26.2 Å². The third-order valence-corrected chi connectivity index (χ3v) is 3.37. The summed E-state index contributed by atoms with van der Waals surface area (Å²) in [7, 11) is 4.33. The van der Waals surface area contributed by atoms with Crippen molar-refractivity contribution in [1.82, 2.24) is 10.2 Å². The lowest BCUT2D eigenvalue weighted by Crippen LogP contribution is -3.00. The molecule has 112 valence electrons. The molecule has 0 radical (unpaired) electrons.